The second-order valence-electron chi connectivity index (χ2n) is 7.94. The number of hydrogen-bond acceptors (Lipinski definition) is 2. The van der Waals surface area contributed by atoms with Crippen LogP contribution in [0.4, 0.5) is 11.4 Å². The highest BCUT2D eigenvalue weighted by Crippen LogP contribution is 2.41. The van der Waals surface area contributed by atoms with Gasteiger partial charge in [-0.1, -0.05) is 61.2 Å². The van der Waals surface area contributed by atoms with Gasteiger partial charge in [0.05, 0.1) is 22.5 Å². The van der Waals surface area contributed by atoms with Crippen molar-refractivity contribution in [2.24, 2.45) is 4.99 Å². The van der Waals surface area contributed by atoms with Crippen molar-refractivity contribution in [2.75, 3.05) is 10.6 Å². The summed E-state index contributed by atoms with van der Waals surface area (Å²) in [6.45, 7) is 4.28. The summed E-state index contributed by atoms with van der Waals surface area (Å²) in [4.78, 5) is 5.23. The Balaban J connectivity index is 1.79. The predicted molar refractivity (Wildman–Crippen MR) is 111 cm³/mol. The zero-order valence-electron chi connectivity index (χ0n) is 15.5. The molecule has 2 aromatic rings. The number of para-hydroxylation sites is 2. The SMILES string of the molecule is CC(C)(N=C1Nc2ccccc2NC12CCCCC2)c1ccccc1Cl. The molecule has 0 aromatic heterocycles. The van der Waals surface area contributed by atoms with E-state index in [4.69, 9.17) is 16.6 Å². The van der Waals surface area contributed by atoms with Crippen LogP contribution in [0.25, 0.3) is 0 Å². The molecule has 1 saturated carbocycles. The van der Waals surface area contributed by atoms with Crippen LogP contribution in [0.15, 0.2) is 53.5 Å². The predicted octanol–water partition coefficient (Wildman–Crippen LogP) is 6.21. The van der Waals surface area contributed by atoms with Crippen LogP contribution in [-0.2, 0) is 5.54 Å². The van der Waals surface area contributed by atoms with Gasteiger partial charge in [0.25, 0.3) is 0 Å². The van der Waals surface area contributed by atoms with Crippen LogP contribution in [0.5, 0.6) is 0 Å². The lowest BCUT2D eigenvalue weighted by Gasteiger charge is -2.45. The lowest BCUT2D eigenvalue weighted by atomic mass is 9.78. The number of hydrogen-bond donors (Lipinski definition) is 2. The van der Waals surface area contributed by atoms with Crippen LogP contribution in [0.2, 0.25) is 5.02 Å². The lowest BCUT2D eigenvalue weighted by molar-refractivity contribution is 0.398. The Morgan fingerprint density at radius 3 is 2.31 bits per heavy atom. The fourth-order valence-corrected chi connectivity index (χ4v) is 4.58. The number of nitrogens with one attached hydrogen (secondary N) is 2. The maximum atomic E-state index is 6.48. The summed E-state index contributed by atoms with van der Waals surface area (Å²) in [5.41, 5.74) is 2.81. The van der Waals surface area contributed by atoms with Gasteiger partial charge in [-0.25, -0.2) is 0 Å². The maximum Gasteiger partial charge on any atom is 0.128 e. The number of amidine groups is 1. The van der Waals surface area contributed by atoms with Crippen LogP contribution in [0, 0.1) is 0 Å². The first-order valence-electron chi connectivity index (χ1n) is 9.50. The molecule has 4 rings (SSSR count). The van der Waals surface area contributed by atoms with E-state index in [0.29, 0.717) is 0 Å². The van der Waals surface area contributed by atoms with Gasteiger partial charge in [0.15, 0.2) is 0 Å². The maximum absolute atomic E-state index is 6.48. The second-order valence-corrected chi connectivity index (χ2v) is 8.34. The minimum atomic E-state index is -0.404. The summed E-state index contributed by atoms with van der Waals surface area (Å²) in [5.74, 6) is 1.04. The van der Waals surface area contributed by atoms with Gasteiger partial charge in [0.2, 0.25) is 0 Å². The van der Waals surface area contributed by atoms with Crippen LogP contribution < -0.4 is 10.6 Å². The fraction of sp³-hybridized carbons (Fsp3) is 0.409. The van der Waals surface area contributed by atoms with E-state index in [1.54, 1.807) is 0 Å². The molecule has 1 spiro atoms. The average molecular weight is 368 g/mol. The van der Waals surface area contributed by atoms with E-state index in [2.05, 4.69) is 54.8 Å². The Labute approximate surface area is 160 Å². The van der Waals surface area contributed by atoms with E-state index in [0.717, 1.165) is 35.0 Å². The summed E-state index contributed by atoms with van der Waals surface area (Å²) < 4.78 is 0. The molecule has 0 unspecified atom stereocenters. The standard InChI is InChI=1S/C22H26ClN3/c1-21(2,16-10-4-5-11-17(16)23)26-20-22(14-8-3-9-15-22)25-19-13-7-6-12-18(19)24-20/h4-7,10-13,25H,3,8-9,14-15H2,1-2H3,(H,24,26). The van der Waals surface area contributed by atoms with E-state index in [1.807, 2.05) is 18.2 Å². The Bertz CT molecular complexity index is 835. The lowest BCUT2D eigenvalue weighted by Crippen LogP contribution is -2.54. The number of halogens is 1. The number of fused-ring (bicyclic) bond motifs is 1. The Morgan fingerprint density at radius 2 is 1.58 bits per heavy atom. The smallest absolute Gasteiger partial charge is 0.128 e. The summed E-state index contributed by atoms with van der Waals surface area (Å²) in [6, 6.07) is 16.4. The molecule has 1 aliphatic carbocycles. The van der Waals surface area contributed by atoms with Gasteiger partial charge in [-0.05, 0) is 50.5 Å². The van der Waals surface area contributed by atoms with Crippen LogP contribution >= 0.6 is 11.6 Å². The molecule has 2 aliphatic rings. The first-order chi connectivity index (χ1) is 12.5. The normalized spacial score (nSPS) is 20.3. The number of nitrogens with zero attached hydrogens (tertiary/aromatic N) is 1. The van der Waals surface area contributed by atoms with Crippen LogP contribution in [0.1, 0.15) is 51.5 Å². The van der Waals surface area contributed by atoms with Gasteiger partial charge in [-0.3, -0.25) is 4.99 Å². The Morgan fingerprint density at radius 1 is 0.923 bits per heavy atom. The van der Waals surface area contributed by atoms with Crippen molar-refractivity contribution in [1.29, 1.82) is 0 Å². The van der Waals surface area contributed by atoms with Crippen molar-refractivity contribution >= 4 is 28.8 Å². The monoisotopic (exact) mass is 367 g/mol. The van der Waals surface area contributed by atoms with Crippen molar-refractivity contribution in [3.05, 3.63) is 59.1 Å². The quantitative estimate of drug-likeness (QED) is 0.661. The molecule has 1 heterocycles. The minimum Gasteiger partial charge on any atom is -0.371 e. The van der Waals surface area contributed by atoms with Gasteiger partial charge in [-0.15, -0.1) is 0 Å². The number of benzene rings is 2. The molecule has 2 N–H and O–H groups in total. The largest absolute Gasteiger partial charge is 0.371 e. The molecular formula is C22H26ClN3. The zero-order valence-corrected chi connectivity index (χ0v) is 16.2. The molecule has 4 heteroatoms. The van der Waals surface area contributed by atoms with Crippen molar-refractivity contribution < 1.29 is 0 Å². The van der Waals surface area contributed by atoms with E-state index < -0.39 is 5.54 Å². The zero-order chi connectivity index (χ0) is 18.2. The average Bonchev–Trinajstić information content (AvgIpc) is 2.63. The first kappa shape index (κ1) is 17.4. The number of aliphatic imine (C=N–C) groups is 1. The molecule has 0 saturated heterocycles. The van der Waals surface area contributed by atoms with Gasteiger partial charge in [0, 0.05) is 5.02 Å². The summed E-state index contributed by atoms with van der Waals surface area (Å²) in [7, 11) is 0. The minimum absolute atomic E-state index is 0.106. The third-order valence-electron chi connectivity index (χ3n) is 5.64. The van der Waals surface area contributed by atoms with Gasteiger partial charge >= 0.3 is 0 Å². The summed E-state index contributed by atoms with van der Waals surface area (Å²) in [6.07, 6.45) is 5.95. The van der Waals surface area contributed by atoms with Crippen molar-refractivity contribution in [2.45, 2.75) is 57.0 Å². The van der Waals surface area contributed by atoms with Crippen LogP contribution in [0.3, 0.4) is 0 Å². The molecular weight excluding hydrogens is 342 g/mol. The summed E-state index contributed by atoms with van der Waals surface area (Å²) in [5, 5.41) is 8.24. The molecule has 1 fully saturated rings. The van der Waals surface area contributed by atoms with Crippen molar-refractivity contribution in [3.63, 3.8) is 0 Å². The molecule has 0 radical (unpaired) electrons. The first-order valence-corrected chi connectivity index (χ1v) is 9.88. The second kappa shape index (κ2) is 6.62. The molecule has 1 aliphatic heterocycles. The molecule has 3 nitrogen and oxygen atoms in total. The van der Waals surface area contributed by atoms with E-state index >= 15 is 0 Å². The van der Waals surface area contributed by atoms with E-state index in [9.17, 15) is 0 Å². The van der Waals surface area contributed by atoms with Gasteiger partial charge in [0.1, 0.15) is 5.84 Å². The molecule has 136 valence electrons. The molecule has 2 aromatic carbocycles. The van der Waals surface area contributed by atoms with E-state index in [1.165, 1.54) is 24.9 Å². The van der Waals surface area contributed by atoms with Gasteiger partial charge < -0.3 is 10.6 Å². The Hall–Kier alpha value is -2.00. The molecule has 0 amide bonds. The van der Waals surface area contributed by atoms with E-state index in [-0.39, 0.29) is 5.54 Å². The highest BCUT2D eigenvalue weighted by Gasteiger charge is 2.42. The highest BCUT2D eigenvalue weighted by molar-refractivity contribution is 6.31. The number of anilines is 2. The van der Waals surface area contributed by atoms with Crippen molar-refractivity contribution in [1.82, 2.24) is 0 Å². The van der Waals surface area contributed by atoms with Crippen molar-refractivity contribution in [3.8, 4) is 0 Å². The van der Waals surface area contributed by atoms with Gasteiger partial charge in [-0.2, -0.15) is 0 Å². The summed E-state index contributed by atoms with van der Waals surface area (Å²) >= 11 is 6.48. The third-order valence-corrected chi connectivity index (χ3v) is 5.97. The molecule has 0 atom stereocenters. The molecule has 0 bridgehead atoms. The number of rotatable bonds is 2. The highest BCUT2D eigenvalue weighted by atomic mass is 35.5. The molecule has 26 heavy (non-hydrogen) atoms. The Kier molecular flexibility index (Phi) is 4.44. The fourth-order valence-electron chi connectivity index (χ4n) is 4.21. The topological polar surface area (TPSA) is 36.4 Å². The third kappa shape index (κ3) is 3.09. The van der Waals surface area contributed by atoms with Crippen LogP contribution in [-0.4, -0.2) is 11.4 Å².